The number of anilines is 1. The van der Waals surface area contributed by atoms with Gasteiger partial charge in [-0.15, -0.1) is 0 Å². The Morgan fingerprint density at radius 3 is 2.44 bits per heavy atom. The van der Waals surface area contributed by atoms with E-state index in [0.29, 0.717) is 40.8 Å². The van der Waals surface area contributed by atoms with Crippen LogP contribution in [0.5, 0.6) is 11.5 Å². The predicted octanol–water partition coefficient (Wildman–Crippen LogP) is 6.33. The maximum atomic E-state index is 13.2. The molecule has 1 N–H and O–H groups in total. The lowest BCUT2D eigenvalue weighted by atomic mass is 10.1. The van der Waals surface area contributed by atoms with Gasteiger partial charge in [0.2, 0.25) is 0 Å². The second kappa shape index (κ2) is 12.4. The third-order valence-corrected chi connectivity index (χ3v) is 5.97. The average molecular weight is 573 g/mol. The first-order valence-electron chi connectivity index (χ1n) is 11.0. The summed E-state index contributed by atoms with van der Waals surface area (Å²) in [5, 5.41) is 2.91. The molecule has 0 spiro atoms. The summed E-state index contributed by atoms with van der Waals surface area (Å²) in [6.07, 6.45) is 0.986. The summed E-state index contributed by atoms with van der Waals surface area (Å²) >= 11 is 2.20. The zero-order chi connectivity index (χ0) is 24.5. The molecule has 0 heterocycles. The summed E-state index contributed by atoms with van der Waals surface area (Å²) in [5.41, 5.74) is 2.16. The van der Waals surface area contributed by atoms with Crippen LogP contribution in [0, 0.1) is 9.49 Å². The van der Waals surface area contributed by atoms with Crippen molar-refractivity contribution in [3.63, 3.8) is 0 Å². The van der Waals surface area contributed by atoms with E-state index in [0.717, 1.165) is 15.6 Å². The van der Waals surface area contributed by atoms with Gasteiger partial charge in [-0.25, -0.2) is 4.79 Å². The minimum Gasteiger partial charge on any atom is -0.492 e. The van der Waals surface area contributed by atoms with E-state index < -0.39 is 5.97 Å². The van der Waals surface area contributed by atoms with Gasteiger partial charge in [-0.1, -0.05) is 50.6 Å². The van der Waals surface area contributed by atoms with Crippen LogP contribution in [-0.4, -0.2) is 25.6 Å². The first kappa shape index (κ1) is 25.6. The molecule has 0 saturated heterocycles. The molecule has 3 aromatic carbocycles. The van der Waals surface area contributed by atoms with Gasteiger partial charge in [0.15, 0.2) is 0 Å². The first-order valence-corrected chi connectivity index (χ1v) is 12.1. The van der Waals surface area contributed by atoms with E-state index >= 15 is 0 Å². The van der Waals surface area contributed by atoms with Crippen LogP contribution < -0.4 is 14.8 Å². The zero-order valence-corrected chi connectivity index (χ0v) is 21.6. The van der Waals surface area contributed by atoms with Crippen LogP contribution in [0.15, 0.2) is 66.7 Å². The lowest BCUT2D eigenvalue weighted by Crippen LogP contribution is -2.16. The number of esters is 1. The number of rotatable bonds is 10. The number of ether oxygens (including phenoxy) is 3. The summed E-state index contributed by atoms with van der Waals surface area (Å²) in [6, 6.07) is 19.9. The van der Waals surface area contributed by atoms with Gasteiger partial charge in [0, 0.05) is 3.57 Å². The maximum absolute atomic E-state index is 13.2. The van der Waals surface area contributed by atoms with E-state index in [2.05, 4.69) is 41.8 Å². The topological polar surface area (TPSA) is 73.9 Å². The number of hydrogen-bond acceptors (Lipinski definition) is 5. The van der Waals surface area contributed by atoms with E-state index in [4.69, 9.17) is 14.2 Å². The molecule has 0 aliphatic carbocycles. The van der Waals surface area contributed by atoms with Crippen molar-refractivity contribution >= 4 is 40.2 Å². The van der Waals surface area contributed by atoms with Crippen molar-refractivity contribution in [2.45, 2.75) is 26.9 Å². The third kappa shape index (κ3) is 6.96. The molecule has 34 heavy (non-hydrogen) atoms. The number of benzene rings is 3. The fourth-order valence-corrected chi connectivity index (χ4v) is 3.53. The molecule has 0 fully saturated rings. The van der Waals surface area contributed by atoms with Gasteiger partial charge < -0.3 is 19.5 Å². The van der Waals surface area contributed by atoms with Gasteiger partial charge in [0.25, 0.3) is 5.91 Å². The highest BCUT2D eigenvalue weighted by molar-refractivity contribution is 14.1. The molecule has 0 radical (unpaired) electrons. The number of hydrogen-bond donors (Lipinski definition) is 1. The molecule has 0 aliphatic rings. The van der Waals surface area contributed by atoms with Crippen molar-refractivity contribution in [1.29, 1.82) is 0 Å². The SMILES string of the molecule is CCC(C)COc1cc(I)ccc1C(=O)Nc1ccc(C(=O)OC)cc1OCc1ccccc1. The van der Waals surface area contributed by atoms with Crippen LogP contribution in [-0.2, 0) is 11.3 Å². The molecule has 3 rings (SSSR count). The van der Waals surface area contributed by atoms with Gasteiger partial charge >= 0.3 is 5.97 Å². The number of halogens is 1. The van der Waals surface area contributed by atoms with Crippen molar-refractivity contribution < 1.29 is 23.8 Å². The number of amides is 1. The van der Waals surface area contributed by atoms with Crippen LogP contribution in [0.2, 0.25) is 0 Å². The number of methoxy groups -OCH3 is 1. The monoisotopic (exact) mass is 573 g/mol. The highest BCUT2D eigenvalue weighted by Crippen LogP contribution is 2.30. The van der Waals surface area contributed by atoms with Crippen LogP contribution in [0.4, 0.5) is 5.69 Å². The molecule has 0 aliphatic heterocycles. The van der Waals surface area contributed by atoms with Gasteiger partial charge in [-0.05, 0) is 70.5 Å². The fourth-order valence-electron chi connectivity index (χ4n) is 3.07. The first-order chi connectivity index (χ1) is 16.4. The molecular weight excluding hydrogens is 545 g/mol. The van der Waals surface area contributed by atoms with Crippen LogP contribution in [0.1, 0.15) is 46.5 Å². The molecule has 1 atom stereocenters. The lowest BCUT2D eigenvalue weighted by Gasteiger charge is -2.17. The van der Waals surface area contributed by atoms with Crippen LogP contribution in [0.25, 0.3) is 0 Å². The molecule has 178 valence electrons. The van der Waals surface area contributed by atoms with E-state index in [9.17, 15) is 9.59 Å². The van der Waals surface area contributed by atoms with Crippen molar-refractivity contribution in [3.8, 4) is 11.5 Å². The third-order valence-electron chi connectivity index (χ3n) is 5.30. The molecule has 3 aromatic rings. The summed E-state index contributed by atoms with van der Waals surface area (Å²) in [6.45, 7) is 5.01. The minimum atomic E-state index is -0.485. The van der Waals surface area contributed by atoms with Crippen molar-refractivity contribution in [2.75, 3.05) is 19.0 Å². The standard InChI is InChI=1S/C27H28INO5/c1-4-18(2)16-33-24-15-21(28)11-12-22(24)26(30)29-23-13-10-20(27(31)32-3)14-25(23)34-17-19-8-6-5-7-9-19/h5-15,18H,4,16-17H2,1-3H3,(H,29,30). The fraction of sp³-hybridized carbons (Fsp3) is 0.259. The quantitative estimate of drug-likeness (QED) is 0.227. The highest BCUT2D eigenvalue weighted by atomic mass is 127. The molecule has 1 amide bonds. The smallest absolute Gasteiger partial charge is 0.337 e. The Bertz CT molecular complexity index is 1130. The molecule has 7 heteroatoms. The van der Waals surface area contributed by atoms with Gasteiger partial charge in [-0.2, -0.15) is 0 Å². The second-order valence-electron chi connectivity index (χ2n) is 7.90. The van der Waals surface area contributed by atoms with Gasteiger partial charge in [0.1, 0.15) is 18.1 Å². The Morgan fingerprint density at radius 1 is 0.971 bits per heavy atom. The van der Waals surface area contributed by atoms with Gasteiger partial charge in [-0.3, -0.25) is 4.79 Å². The van der Waals surface area contributed by atoms with E-state index in [1.54, 1.807) is 24.3 Å². The average Bonchev–Trinajstić information content (AvgIpc) is 2.86. The maximum Gasteiger partial charge on any atom is 0.337 e. The zero-order valence-electron chi connectivity index (χ0n) is 19.5. The number of carbonyl (C=O) groups is 2. The largest absolute Gasteiger partial charge is 0.492 e. The number of carbonyl (C=O) groups excluding carboxylic acids is 2. The predicted molar refractivity (Wildman–Crippen MR) is 141 cm³/mol. The Hall–Kier alpha value is -3.07. The summed E-state index contributed by atoms with van der Waals surface area (Å²) in [7, 11) is 1.32. The highest BCUT2D eigenvalue weighted by Gasteiger charge is 2.18. The summed E-state index contributed by atoms with van der Waals surface area (Å²) < 4.78 is 17.8. The van der Waals surface area contributed by atoms with E-state index in [1.165, 1.54) is 7.11 Å². The number of nitrogens with one attached hydrogen (secondary N) is 1. The van der Waals surface area contributed by atoms with Crippen molar-refractivity contribution in [1.82, 2.24) is 0 Å². The lowest BCUT2D eigenvalue weighted by molar-refractivity contribution is 0.0600. The molecule has 6 nitrogen and oxygen atoms in total. The molecule has 0 saturated carbocycles. The minimum absolute atomic E-state index is 0.279. The molecule has 0 bridgehead atoms. The van der Waals surface area contributed by atoms with Crippen LogP contribution in [0.3, 0.4) is 0 Å². The molecular formula is C27H28INO5. The van der Waals surface area contributed by atoms with Crippen molar-refractivity contribution in [3.05, 3.63) is 87.0 Å². The Balaban J connectivity index is 1.86. The molecule has 1 unspecified atom stereocenters. The van der Waals surface area contributed by atoms with Gasteiger partial charge in [0.05, 0.1) is 30.5 Å². The Labute approximate surface area is 213 Å². The normalized spacial score (nSPS) is 11.4. The Morgan fingerprint density at radius 2 is 1.74 bits per heavy atom. The van der Waals surface area contributed by atoms with E-state index in [1.807, 2.05) is 42.5 Å². The summed E-state index contributed by atoms with van der Waals surface area (Å²) in [5.74, 6) is 0.458. The second-order valence-corrected chi connectivity index (χ2v) is 9.14. The van der Waals surface area contributed by atoms with Crippen molar-refractivity contribution in [2.24, 2.45) is 5.92 Å². The molecule has 0 aromatic heterocycles. The Kier molecular flexibility index (Phi) is 9.33. The van der Waals surface area contributed by atoms with E-state index in [-0.39, 0.29) is 12.5 Å². The van der Waals surface area contributed by atoms with Crippen LogP contribution >= 0.6 is 22.6 Å². The summed E-state index contributed by atoms with van der Waals surface area (Å²) in [4.78, 5) is 25.3.